The number of alkyl halides is 1. The monoisotopic (exact) mass is 627 g/mol. The first-order valence-electron chi connectivity index (χ1n) is 13.7. The van der Waals surface area contributed by atoms with Gasteiger partial charge in [-0.25, -0.2) is 9.38 Å². The van der Waals surface area contributed by atoms with Crippen molar-refractivity contribution in [2.45, 2.75) is 40.7 Å². The molecular weight excluding hydrogens is 593 g/mol. The normalized spacial score (nSPS) is 15.2. The number of benzene rings is 2. The Morgan fingerprint density at radius 3 is 2.70 bits per heavy atom. The molecule has 12 heteroatoms. The van der Waals surface area contributed by atoms with Crippen molar-refractivity contribution in [1.29, 1.82) is 0 Å². The van der Waals surface area contributed by atoms with Gasteiger partial charge in [0.25, 0.3) is 5.91 Å². The quantitative estimate of drug-likeness (QED) is 0.278. The molecule has 0 atom stereocenters. The van der Waals surface area contributed by atoms with Gasteiger partial charge in [-0.2, -0.15) is 4.37 Å². The van der Waals surface area contributed by atoms with E-state index in [2.05, 4.69) is 29.1 Å². The van der Waals surface area contributed by atoms with E-state index < -0.39 is 5.82 Å². The van der Waals surface area contributed by atoms with Crippen LogP contribution in [0.5, 0.6) is 5.75 Å². The minimum atomic E-state index is -0.515. The predicted octanol–water partition coefficient (Wildman–Crippen LogP) is 4.78. The van der Waals surface area contributed by atoms with Crippen molar-refractivity contribution >= 4 is 52.0 Å². The number of amides is 2. The van der Waals surface area contributed by atoms with Crippen LogP contribution in [0.15, 0.2) is 35.3 Å². The van der Waals surface area contributed by atoms with Crippen molar-refractivity contribution in [3.63, 3.8) is 0 Å². The number of rotatable bonds is 7. The molecule has 1 aromatic heterocycles. The molecule has 0 bridgehead atoms. The highest BCUT2D eigenvalue weighted by molar-refractivity contribution is 7.02. The molecule has 2 aliphatic heterocycles. The number of carbonyl (C=O) groups excluding carboxylic acids is 2. The molecule has 0 N–H and O–H groups in total. The molecular formula is C31H35ClFN5O4S. The second-order valence-corrected chi connectivity index (χ2v) is 12.1. The van der Waals surface area contributed by atoms with Crippen LogP contribution in [0.3, 0.4) is 0 Å². The minimum Gasteiger partial charge on any atom is -0.481 e. The lowest BCUT2D eigenvalue weighted by atomic mass is 9.92. The summed E-state index contributed by atoms with van der Waals surface area (Å²) in [5.74, 6) is 2.81. The standard InChI is InChI=1S/C18H17FN4O2S.C13H18ClNO2/c1-4-5-22-13-7-12(11(19)6-14(13)25-9-16(22)24)20-17-23-10-18(2,3)8-15(23)21-26-17;1-10-5-4-6-11(2)13(10)15(7-8-17-3)12(16)9-14/h1,6-7H,5,8-10H2,2-3H3;4-6H,7-9H2,1-3H3. The Morgan fingerprint density at radius 2 is 2.05 bits per heavy atom. The van der Waals surface area contributed by atoms with Crippen LogP contribution < -0.4 is 19.3 Å². The zero-order chi connectivity index (χ0) is 31.3. The molecule has 0 fully saturated rings. The summed E-state index contributed by atoms with van der Waals surface area (Å²) in [5, 5.41) is 0. The van der Waals surface area contributed by atoms with Gasteiger partial charge in [-0.05, 0) is 36.5 Å². The molecule has 2 aliphatic rings. The van der Waals surface area contributed by atoms with Gasteiger partial charge in [0, 0.05) is 49.9 Å². The lowest BCUT2D eigenvalue weighted by Crippen LogP contribution is -2.39. The van der Waals surface area contributed by atoms with Crippen molar-refractivity contribution in [3.8, 4) is 18.1 Å². The van der Waals surface area contributed by atoms with Gasteiger partial charge in [0.2, 0.25) is 10.7 Å². The largest absolute Gasteiger partial charge is 0.481 e. The van der Waals surface area contributed by atoms with Gasteiger partial charge in [0.15, 0.2) is 12.4 Å². The topological polar surface area (TPSA) is 89.3 Å². The Bertz CT molecular complexity index is 1610. The molecule has 2 amide bonds. The van der Waals surface area contributed by atoms with Crippen molar-refractivity contribution in [1.82, 2.24) is 8.94 Å². The number of ether oxygens (including phenoxy) is 2. The molecule has 2 aromatic carbocycles. The molecule has 0 unspecified atom stereocenters. The highest BCUT2D eigenvalue weighted by atomic mass is 35.5. The number of methoxy groups -OCH3 is 1. The van der Waals surface area contributed by atoms with E-state index in [0.717, 1.165) is 35.6 Å². The number of aromatic nitrogens is 2. The van der Waals surface area contributed by atoms with Crippen molar-refractivity contribution < 1.29 is 23.5 Å². The van der Waals surface area contributed by atoms with Crippen LogP contribution in [0, 0.1) is 37.4 Å². The third-order valence-electron chi connectivity index (χ3n) is 7.08. The smallest absolute Gasteiger partial charge is 0.265 e. The SMILES string of the molecule is C#CCN1C(=O)COc2cc(F)c(N=c3snc4n3CC(C)(C)C4)cc21.COCCN(C(=O)CCl)c1c(C)cccc1C. The number of fused-ring (bicyclic) bond motifs is 2. The van der Waals surface area contributed by atoms with Crippen LogP contribution in [0.4, 0.5) is 21.5 Å². The molecule has 3 heterocycles. The first-order valence-corrected chi connectivity index (χ1v) is 15.0. The fourth-order valence-electron chi connectivity index (χ4n) is 5.09. The summed E-state index contributed by atoms with van der Waals surface area (Å²) in [6.07, 6.45) is 6.22. The van der Waals surface area contributed by atoms with Gasteiger partial charge in [0.05, 0.1) is 18.8 Å². The second-order valence-electron chi connectivity index (χ2n) is 11.1. The second kappa shape index (κ2) is 13.7. The maximum Gasteiger partial charge on any atom is 0.265 e. The summed E-state index contributed by atoms with van der Waals surface area (Å²) in [5.41, 5.74) is 3.76. The highest BCUT2D eigenvalue weighted by Crippen LogP contribution is 2.37. The minimum absolute atomic E-state index is 0.0164. The zero-order valence-corrected chi connectivity index (χ0v) is 26.5. The molecule has 228 valence electrons. The Hall–Kier alpha value is -3.72. The number of carbonyl (C=O) groups is 2. The summed E-state index contributed by atoms with van der Waals surface area (Å²) < 4.78 is 31.4. The van der Waals surface area contributed by atoms with Crippen molar-refractivity contribution in [3.05, 3.63) is 57.9 Å². The summed E-state index contributed by atoms with van der Waals surface area (Å²) >= 11 is 6.89. The highest BCUT2D eigenvalue weighted by Gasteiger charge is 2.31. The lowest BCUT2D eigenvalue weighted by molar-refractivity contribution is -0.121. The van der Waals surface area contributed by atoms with Gasteiger partial charge in [-0.3, -0.25) is 14.5 Å². The Morgan fingerprint density at radius 1 is 1.33 bits per heavy atom. The summed E-state index contributed by atoms with van der Waals surface area (Å²) in [4.78, 5) is 32.1. The summed E-state index contributed by atoms with van der Waals surface area (Å²) in [7, 11) is 1.62. The average molecular weight is 628 g/mol. The number of nitrogens with zero attached hydrogens (tertiary/aromatic N) is 5. The lowest BCUT2D eigenvalue weighted by Gasteiger charge is -2.28. The van der Waals surface area contributed by atoms with Crippen LogP contribution in [-0.4, -0.2) is 60.0 Å². The molecule has 3 aromatic rings. The number of halogens is 2. The van der Waals surface area contributed by atoms with E-state index in [9.17, 15) is 14.0 Å². The van der Waals surface area contributed by atoms with Crippen LogP contribution in [0.1, 0.15) is 30.8 Å². The number of terminal acetylenes is 1. The van der Waals surface area contributed by atoms with E-state index >= 15 is 0 Å². The maximum absolute atomic E-state index is 14.5. The van der Waals surface area contributed by atoms with E-state index in [1.54, 1.807) is 12.0 Å². The van der Waals surface area contributed by atoms with Gasteiger partial charge in [-0.1, -0.05) is 38.0 Å². The maximum atomic E-state index is 14.5. The van der Waals surface area contributed by atoms with Crippen LogP contribution in [0.2, 0.25) is 0 Å². The van der Waals surface area contributed by atoms with Crippen molar-refractivity contribution in [2.75, 3.05) is 49.1 Å². The van der Waals surface area contributed by atoms with E-state index in [1.165, 1.54) is 28.6 Å². The third kappa shape index (κ3) is 7.26. The molecule has 9 nitrogen and oxygen atoms in total. The molecule has 0 radical (unpaired) electrons. The van der Waals surface area contributed by atoms with Gasteiger partial charge >= 0.3 is 0 Å². The predicted molar refractivity (Wildman–Crippen MR) is 167 cm³/mol. The first-order chi connectivity index (χ1) is 20.5. The van der Waals surface area contributed by atoms with E-state index in [0.29, 0.717) is 29.4 Å². The molecule has 43 heavy (non-hydrogen) atoms. The fraction of sp³-hybridized carbons (Fsp3) is 0.419. The number of anilines is 2. The van der Waals surface area contributed by atoms with E-state index in [-0.39, 0.29) is 41.9 Å². The molecule has 5 rings (SSSR count). The van der Waals surface area contributed by atoms with E-state index in [4.69, 9.17) is 27.5 Å². The molecule has 0 spiro atoms. The first kappa shape index (κ1) is 32.2. The summed E-state index contributed by atoms with van der Waals surface area (Å²) in [6.45, 7) is 10.1. The van der Waals surface area contributed by atoms with Crippen LogP contribution >= 0.6 is 23.1 Å². The number of hydrogen-bond donors (Lipinski definition) is 0. The number of para-hydroxylation sites is 1. The Balaban J connectivity index is 0.000000217. The van der Waals surface area contributed by atoms with Crippen LogP contribution in [-0.2, 0) is 27.3 Å². The third-order valence-corrected chi connectivity index (χ3v) is 8.08. The average Bonchev–Trinajstić information content (AvgIpc) is 3.47. The Labute approximate surface area is 260 Å². The molecule has 0 saturated carbocycles. The number of hydrogen-bond acceptors (Lipinski definition) is 7. The number of aryl methyl sites for hydroxylation is 2. The fourth-order valence-corrected chi connectivity index (χ4v) is 6.00. The van der Waals surface area contributed by atoms with Gasteiger partial charge in [-0.15, -0.1) is 18.0 Å². The van der Waals surface area contributed by atoms with Gasteiger partial charge in [0.1, 0.15) is 23.1 Å². The van der Waals surface area contributed by atoms with E-state index in [1.807, 2.05) is 36.6 Å². The Kier molecular flexibility index (Phi) is 10.3. The molecule has 0 aliphatic carbocycles. The van der Waals surface area contributed by atoms with Crippen LogP contribution in [0.25, 0.3) is 0 Å². The summed E-state index contributed by atoms with van der Waals surface area (Å²) in [6, 6.07) is 8.72. The zero-order valence-electron chi connectivity index (χ0n) is 24.9. The van der Waals surface area contributed by atoms with Crippen molar-refractivity contribution in [2.24, 2.45) is 10.4 Å². The van der Waals surface area contributed by atoms with Gasteiger partial charge < -0.3 is 18.9 Å². The molecule has 0 saturated heterocycles.